The summed E-state index contributed by atoms with van der Waals surface area (Å²) in [6.45, 7) is 4.73. The molecule has 2 aliphatic heterocycles. The molecule has 0 spiro atoms. The first-order valence-corrected chi connectivity index (χ1v) is 6.80. The number of aliphatic carboxylic acids is 1. The molecule has 0 aromatic carbocycles. The Balaban J connectivity index is 1.80. The molecule has 1 N–H and O–H groups in total. The number of carboxylic acid groups (broad SMARTS) is 1. The van der Waals surface area contributed by atoms with Crippen molar-refractivity contribution in [3.05, 3.63) is 0 Å². The van der Waals surface area contributed by atoms with Crippen molar-refractivity contribution in [2.75, 3.05) is 32.8 Å². The van der Waals surface area contributed by atoms with E-state index >= 15 is 0 Å². The van der Waals surface area contributed by atoms with Gasteiger partial charge in [0.15, 0.2) is 0 Å². The van der Waals surface area contributed by atoms with Crippen LogP contribution in [0.25, 0.3) is 0 Å². The number of carboxylic acids is 1. The van der Waals surface area contributed by atoms with E-state index in [-0.39, 0.29) is 5.92 Å². The van der Waals surface area contributed by atoms with Crippen LogP contribution in [-0.4, -0.2) is 48.8 Å². The van der Waals surface area contributed by atoms with E-state index in [0.29, 0.717) is 5.92 Å². The van der Waals surface area contributed by atoms with Gasteiger partial charge in [0, 0.05) is 13.2 Å². The summed E-state index contributed by atoms with van der Waals surface area (Å²) in [5.74, 6) is -0.459. The Morgan fingerprint density at radius 2 is 1.94 bits per heavy atom. The first-order chi connectivity index (χ1) is 8.27. The maximum atomic E-state index is 11.3. The molecule has 4 heteroatoms. The van der Waals surface area contributed by atoms with E-state index in [1.165, 1.54) is 12.8 Å². The molecule has 98 valence electrons. The van der Waals surface area contributed by atoms with E-state index in [4.69, 9.17) is 4.74 Å². The number of likely N-dealkylation sites (tertiary alicyclic amines) is 1. The smallest absolute Gasteiger partial charge is 0.306 e. The van der Waals surface area contributed by atoms with Crippen molar-refractivity contribution in [1.82, 2.24) is 4.90 Å². The van der Waals surface area contributed by atoms with Crippen LogP contribution in [-0.2, 0) is 9.53 Å². The summed E-state index contributed by atoms with van der Waals surface area (Å²) < 4.78 is 5.30. The topological polar surface area (TPSA) is 49.8 Å². The number of hydrogen-bond acceptors (Lipinski definition) is 3. The summed E-state index contributed by atoms with van der Waals surface area (Å²) >= 11 is 0. The number of rotatable bonds is 5. The molecule has 2 aliphatic rings. The van der Waals surface area contributed by atoms with Crippen molar-refractivity contribution >= 4 is 5.97 Å². The summed E-state index contributed by atoms with van der Waals surface area (Å²) in [5.41, 5.74) is 0. The molecular weight excluding hydrogens is 218 g/mol. The first kappa shape index (κ1) is 12.8. The van der Waals surface area contributed by atoms with Gasteiger partial charge in [0.2, 0.25) is 0 Å². The zero-order chi connectivity index (χ0) is 12.1. The minimum atomic E-state index is -0.615. The van der Waals surface area contributed by atoms with E-state index in [1.807, 2.05) is 0 Å². The Kier molecular flexibility index (Phi) is 4.80. The Morgan fingerprint density at radius 3 is 2.53 bits per heavy atom. The lowest BCUT2D eigenvalue weighted by atomic mass is 9.84. The predicted octanol–water partition coefficient (Wildman–Crippen LogP) is 1.60. The second-order valence-electron chi connectivity index (χ2n) is 5.23. The summed E-state index contributed by atoms with van der Waals surface area (Å²) in [6, 6.07) is 0. The Morgan fingerprint density at radius 1 is 1.29 bits per heavy atom. The van der Waals surface area contributed by atoms with Crippen molar-refractivity contribution in [3.63, 3.8) is 0 Å². The minimum Gasteiger partial charge on any atom is -0.481 e. The van der Waals surface area contributed by atoms with E-state index < -0.39 is 5.97 Å². The van der Waals surface area contributed by atoms with Gasteiger partial charge in [-0.2, -0.15) is 0 Å². The molecule has 17 heavy (non-hydrogen) atoms. The number of hydrogen-bond donors (Lipinski definition) is 1. The summed E-state index contributed by atoms with van der Waals surface area (Å²) in [6.07, 6.45) is 5.18. The number of nitrogens with zero attached hydrogens (tertiary/aromatic N) is 1. The van der Waals surface area contributed by atoms with Crippen molar-refractivity contribution in [2.45, 2.75) is 32.1 Å². The van der Waals surface area contributed by atoms with E-state index in [0.717, 1.165) is 52.1 Å². The predicted molar refractivity (Wildman–Crippen MR) is 65.0 cm³/mol. The van der Waals surface area contributed by atoms with Gasteiger partial charge in [-0.05, 0) is 57.7 Å². The van der Waals surface area contributed by atoms with Gasteiger partial charge in [-0.25, -0.2) is 0 Å². The maximum Gasteiger partial charge on any atom is 0.306 e. The van der Waals surface area contributed by atoms with Crippen molar-refractivity contribution in [2.24, 2.45) is 11.8 Å². The van der Waals surface area contributed by atoms with Crippen molar-refractivity contribution in [3.8, 4) is 0 Å². The van der Waals surface area contributed by atoms with Crippen LogP contribution in [0.3, 0.4) is 0 Å². The lowest BCUT2D eigenvalue weighted by Gasteiger charge is -2.28. The average molecular weight is 241 g/mol. The van der Waals surface area contributed by atoms with Gasteiger partial charge in [-0.15, -0.1) is 0 Å². The van der Waals surface area contributed by atoms with Crippen molar-refractivity contribution in [1.29, 1.82) is 0 Å². The second-order valence-corrected chi connectivity index (χ2v) is 5.23. The molecule has 1 unspecified atom stereocenters. The van der Waals surface area contributed by atoms with Gasteiger partial charge in [0.05, 0.1) is 5.92 Å². The van der Waals surface area contributed by atoms with Crippen LogP contribution in [0.5, 0.6) is 0 Å². The van der Waals surface area contributed by atoms with Crippen LogP contribution in [0.2, 0.25) is 0 Å². The molecule has 0 amide bonds. The molecule has 0 saturated carbocycles. The zero-order valence-corrected chi connectivity index (χ0v) is 10.4. The van der Waals surface area contributed by atoms with Crippen LogP contribution in [0.15, 0.2) is 0 Å². The molecule has 0 aromatic heterocycles. The van der Waals surface area contributed by atoms with Crippen LogP contribution >= 0.6 is 0 Å². The lowest BCUT2D eigenvalue weighted by molar-refractivity contribution is -0.145. The molecular formula is C13H23NO3. The molecule has 0 bridgehead atoms. The molecule has 0 aliphatic carbocycles. The van der Waals surface area contributed by atoms with Crippen LogP contribution in [0, 0.1) is 11.8 Å². The van der Waals surface area contributed by atoms with E-state index in [1.54, 1.807) is 0 Å². The molecule has 2 fully saturated rings. The van der Waals surface area contributed by atoms with Gasteiger partial charge in [0.25, 0.3) is 0 Å². The third-order valence-electron chi connectivity index (χ3n) is 4.11. The largest absolute Gasteiger partial charge is 0.481 e. The van der Waals surface area contributed by atoms with Gasteiger partial charge in [-0.1, -0.05) is 0 Å². The molecule has 1 atom stereocenters. The Bertz CT molecular complexity index is 245. The highest BCUT2D eigenvalue weighted by atomic mass is 16.5. The second kappa shape index (κ2) is 6.36. The number of ether oxygens (including phenoxy) is 1. The Labute approximate surface area is 103 Å². The Hall–Kier alpha value is -0.610. The van der Waals surface area contributed by atoms with Crippen LogP contribution in [0.1, 0.15) is 32.1 Å². The summed E-state index contributed by atoms with van der Waals surface area (Å²) in [4.78, 5) is 13.7. The summed E-state index contributed by atoms with van der Waals surface area (Å²) in [7, 11) is 0. The third kappa shape index (κ3) is 3.68. The van der Waals surface area contributed by atoms with Gasteiger partial charge in [0.1, 0.15) is 0 Å². The molecule has 2 heterocycles. The highest BCUT2D eigenvalue weighted by Gasteiger charge is 2.30. The average Bonchev–Trinajstić information content (AvgIpc) is 2.83. The van der Waals surface area contributed by atoms with Crippen LogP contribution < -0.4 is 0 Å². The van der Waals surface area contributed by atoms with Gasteiger partial charge < -0.3 is 14.7 Å². The lowest BCUT2D eigenvalue weighted by Crippen LogP contribution is -2.32. The molecule has 2 saturated heterocycles. The highest BCUT2D eigenvalue weighted by molar-refractivity contribution is 5.70. The quantitative estimate of drug-likeness (QED) is 0.794. The third-order valence-corrected chi connectivity index (χ3v) is 4.11. The molecule has 4 nitrogen and oxygen atoms in total. The highest BCUT2D eigenvalue weighted by Crippen LogP contribution is 2.27. The van der Waals surface area contributed by atoms with E-state index in [2.05, 4.69) is 4.90 Å². The SMILES string of the molecule is O=C(O)C(CCN1CCCC1)C1CCOCC1. The molecule has 0 aromatic rings. The monoisotopic (exact) mass is 241 g/mol. The summed E-state index contributed by atoms with van der Waals surface area (Å²) in [5, 5.41) is 9.34. The minimum absolute atomic E-state index is 0.167. The van der Waals surface area contributed by atoms with Crippen LogP contribution in [0.4, 0.5) is 0 Å². The molecule has 2 rings (SSSR count). The zero-order valence-electron chi connectivity index (χ0n) is 10.4. The fourth-order valence-electron chi connectivity index (χ4n) is 3.01. The van der Waals surface area contributed by atoms with Crippen molar-refractivity contribution < 1.29 is 14.6 Å². The van der Waals surface area contributed by atoms with Gasteiger partial charge in [-0.3, -0.25) is 4.79 Å². The first-order valence-electron chi connectivity index (χ1n) is 6.80. The molecule has 0 radical (unpaired) electrons. The number of carbonyl (C=O) groups is 1. The van der Waals surface area contributed by atoms with Gasteiger partial charge >= 0.3 is 5.97 Å². The maximum absolute atomic E-state index is 11.3. The standard InChI is InChI=1S/C13H23NO3/c15-13(16)12(11-4-9-17-10-5-11)3-8-14-6-1-2-7-14/h11-12H,1-10H2,(H,15,16). The fraction of sp³-hybridized carbons (Fsp3) is 0.923. The fourth-order valence-corrected chi connectivity index (χ4v) is 3.01. The normalized spacial score (nSPS) is 24.9. The van der Waals surface area contributed by atoms with E-state index in [9.17, 15) is 9.90 Å².